The SMILES string of the molecule is CC(C)Cc1nc(CC=O)co1. The van der Waals surface area contributed by atoms with E-state index >= 15 is 0 Å². The molecule has 3 nitrogen and oxygen atoms in total. The van der Waals surface area contributed by atoms with Gasteiger partial charge in [-0.1, -0.05) is 13.8 Å². The Kier molecular flexibility index (Phi) is 3.02. The molecule has 12 heavy (non-hydrogen) atoms. The van der Waals surface area contributed by atoms with Crippen molar-refractivity contribution in [3.8, 4) is 0 Å². The van der Waals surface area contributed by atoms with E-state index in [-0.39, 0.29) is 0 Å². The summed E-state index contributed by atoms with van der Waals surface area (Å²) >= 11 is 0. The molecule has 66 valence electrons. The molecule has 0 bridgehead atoms. The van der Waals surface area contributed by atoms with E-state index in [1.165, 1.54) is 0 Å². The molecule has 0 aliphatic heterocycles. The molecule has 0 fully saturated rings. The Morgan fingerprint density at radius 2 is 2.42 bits per heavy atom. The highest BCUT2D eigenvalue weighted by atomic mass is 16.3. The van der Waals surface area contributed by atoms with Gasteiger partial charge in [0.15, 0.2) is 5.89 Å². The average molecular weight is 167 g/mol. The Balaban J connectivity index is 2.57. The van der Waals surface area contributed by atoms with Crippen molar-refractivity contribution in [3.05, 3.63) is 17.8 Å². The van der Waals surface area contributed by atoms with Crippen LogP contribution in [0.25, 0.3) is 0 Å². The van der Waals surface area contributed by atoms with E-state index < -0.39 is 0 Å². The molecule has 0 aliphatic rings. The number of rotatable bonds is 4. The number of aromatic nitrogens is 1. The average Bonchev–Trinajstić information content (AvgIpc) is 2.36. The largest absolute Gasteiger partial charge is 0.449 e. The fourth-order valence-corrected chi connectivity index (χ4v) is 0.971. The van der Waals surface area contributed by atoms with Gasteiger partial charge in [0.05, 0.1) is 5.69 Å². The first kappa shape index (κ1) is 8.97. The first-order valence-corrected chi connectivity index (χ1v) is 4.09. The molecule has 0 aromatic carbocycles. The van der Waals surface area contributed by atoms with Crippen LogP contribution in [0.4, 0.5) is 0 Å². The van der Waals surface area contributed by atoms with Crippen LogP contribution in [0, 0.1) is 5.92 Å². The molecule has 0 N–H and O–H groups in total. The van der Waals surface area contributed by atoms with Crippen molar-refractivity contribution < 1.29 is 9.21 Å². The Bertz CT molecular complexity index is 253. The van der Waals surface area contributed by atoms with Crippen molar-refractivity contribution >= 4 is 6.29 Å². The summed E-state index contributed by atoms with van der Waals surface area (Å²) in [5.41, 5.74) is 0.723. The molecule has 0 saturated heterocycles. The molecule has 1 aromatic rings. The van der Waals surface area contributed by atoms with Crippen molar-refractivity contribution in [2.24, 2.45) is 5.92 Å². The maximum Gasteiger partial charge on any atom is 0.194 e. The number of nitrogens with zero attached hydrogens (tertiary/aromatic N) is 1. The standard InChI is InChI=1S/C9H13NO2/c1-7(2)5-9-10-8(3-4-11)6-12-9/h4,6-7H,3,5H2,1-2H3. The number of carbonyl (C=O) groups excluding carboxylic acids is 1. The van der Waals surface area contributed by atoms with Crippen molar-refractivity contribution in [3.63, 3.8) is 0 Å². The van der Waals surface area contributed by atoms with Gasteiger partial charge in [-0.15, -0.1) is 0 Å². The fraction of sp³-hybridized carbons (Fsp3) is 0.556. The van der Waals surface area contributed by atoms with Crippen LogP contribution in [-0.2, 0) is 17.6 Å². The summed E-state index contributed by atoms with van der Waals surface area (Å²) < 4.78 is 5.16. The third-order valence-corrected chi connectivity index (χ3v) is 1.47. The van der Waals surface area contributed by atoms with Gasteiger partial charge in [0.25, 0.3) is 0 Å². The van der Waals surface area contributed by atoms with E-state index in [0.29, 0.717) is 12.3 Å². The molecule has 0 atom stereocenters. The summed E-state index contributed by atoms with van der Waals surface area (Å²) in [6.07, 6.45) is 3.56. The molecule has 0 aliphatic carbocycles. The van der Waals surface area contributed by atoms with Crippen molar-refractivity contribution in [2.45, 2.75) is 26.7 Å². The van der Waals surface area contributed by atoms with E-state index in [1.807, 2.05) is 0 Å². The van der Waals surface area contributed by atoms with E-state index in [2.05, 4.69) is 18.8 Å². The Morgan fingerprint density at radius 3 is 3.00 bits per heavy atom. The summed E-state index contributed by atoms with van der Waals surface area (Å²) in [7, 11) is 0. The number of carbonyl (C=O) groups is 1. The zero-order valence-corrected chi connectivity index (χ0v) is 7.41. The predicted octanol–water partition coefficient (Wildman–Crippen LogP) is 1.61. The van der Waals surface area contributed by atoms with Crippen LogP contribution in [0.1, 0.15) is 25.4 Å². The highest BCUT2D eigenvalue weighted by molar-refractivity contribution is 5.53. The van der Waals surface area contributed by atoms with Gasteiger partial charge < -0.3 is 9.21 Å². The van der Waals surface area contributed by atoms with Gasteiger partial charge in [-0.05, 0) is 5.92 Å². The lowest BCUT2D eigenvalue weighted by atomic mass is 10.1. The van der Waals surface area contributed by atoms with Crippen LogP contribution >= 0.6 is 0 Å². The number of aldehydes is 1. The molecule has 1 heterocycles. The minimum absolute atomic E-state index is 0.349. The summed E-state index contributed by atoms with van der Waals surface area (Å²) in [5, 5.41) is 0. The number of hydrogen-bond acceptors (Lipinski definition) is 3. The van der Waals surface area contributed by atoms with Gasteiger partial charge in [0, 0.05) is 12.8 Å². The van der Waals surface area contributed by atoms with Crippen LogP contribution in [0.5, 0.6) is 0 Å². The molecule has 1 rings (SSSR count). The molecular formula is C9H13NO2. The highest BCUT2D eigenvalue weighted by Gasteiger charge is 2.04. The summed E-state index contributed by atoms with van der Waals surface area (Å²) in [6, 6.07) is 0. The number of hydrogen-bond donors (Lipinski definition) is 0. The second-order valence-corrected chi connectivity index (χ2v) is 3.20. The normalized spacial score (nSPS) is 10.6. The molecule has 0 saturated carbocycles. The van der Waals surface area contributed by atoms with Crippen LogP contribution in [0.15, 0.2) is 10.7 Å². The van der Waals surface area contributed by atoms with E-state index in [4.69, 9.17) is 4.42 Å². The quantitative estimate of drug-likeness (QED) is 0.640. The zero-order chi connectivity index (χ0) is 8.97. The van der Waals surface area contributed by atoms with Crippen LogP contribution in [0.3, 0.4) is 0 Å². The van der Waals surface area contributed by atoms with Gasteiger partial charge in [0.2, 0.25) is 0 Å². The molecule has 1 aromatic heterocycles. The van der Waals surface area contributed by atoms with Gasteiger partial charge in [0.1, 0.15) is 12.5 Å². The monoisotopic (exact) mass is 167 g/mol. The van der Waals surface area contributed by atoms with Crippen LogP contribution in [0.2, 0.25) is 0 Å². The summed E-state index contributed by atoms with van der Waals surface area (Å²) in [6.45, 7) is 4.20. The predicted molar refractivity (Wildman–Crippen MR) is 44.8 cm³/mol. The third kappa shape index (κ3) is 2.49. The second kappa shape index (κ2) is 4.04. The minimum Gasteiger partial charge on any atom is -0.449 e. The lowest BCUT2D eigenvalue weighted by molar-refractivity contribution is -0.107. The third-order valence-electron chi connectivity index (χ3n) is 1.47. The maximum absolute atomic E-state index is 10.1. The van der Waals surface area contributed by atoms with Gasteiger partial charge in [-0.2, -0.15) is 0 Å². The lowest BCUT2D eigenvalue weighted by Crippen LogP contribution is -1.94. The van der Waals surface area contributed by atoms with Crippen LogP contribution in [-0.4, -0.2) is 11.3 Å². The fourth-order valence-electron chi connectivity index (χ4n) is 0.971. The topological polar surface area (TPSA) is 43.1 Å². The number of oxazole rings is 1. The molecular weight excluding hydrogens is 154 g/mol. The first-order valence-electron chi connectivity index (χ1n) is 4.09. The highest BCUT2D eigenvalue weighted by Crippen LogP contribution is 2.07. The maximum atomic E-state index is 10.1. The van der Waals surface area contributed by atoms with Crippen LogP contribution < -0.4 is 0 Å². The van der Waals surface area contributed by atoms with Crippen molar-refractivity contribution in [1.29, 1.82) is 0 Å². The van der Waals surface area contributed by atoms with E-state index in [0.717, 1.165) is 24.3 Å². The van der Waals surface area contributed by atoms with E-state index in [1.54, 1.807) is 6.26 Å². The van der Waals surface area contributed by atoms with Crippen molar-refractivity contribution in [2.75, 3.05) is 0 Å². The zero-order valence-electron chi connectivity index (χ0n) is 7.41. The first-order chi connectivity index (χ1) is 5.72. The van der Waals surface area contributed by atoms with E-state index in [9.17, 15) is 4.79 Å². The lowest BCUT2D eigenvalue weighted by Gasteiger charge is -1.96. The van der Waals surface area contributed by atoms with Crippen molar-refractivity contribution in [1.82, 2.24) is 4.98 Å². The molecule has 0 unspecified atom stereocenters. The summed E-state index contributed by atoms with van der Waals surface area (Å²) in [4.78, 5) is 14.3. The van der Waals surface area contributed by atoms with Gasteiger partial charge in [-0.3, -0.25) is 0 Å². The molecule has 0 radical (unpaired) electrons. The van der Waals surface area contributed by atoms with Gasteiger partial charge in [-0.25, -0.2) is 4.98 Å². The molecule has 3 heteroatoms. The Labute approximate surface area is 71.8 Å². The smallest absolute Gasteiger partial charge is 0.194 e. The Morgan fingerprint density at radius 1 is 1.67 bits per heavy atom. The Hall–Kier alpha value is -1.12. The molecule has 0 amide bonds. The van der Waals surface area contributed by atoms with Gasteiger partial charge >= 0.3 is 0 Å². The second-order valence-electron chi connectivity index (χ2n) is 3.20. The molecule has 0 spiro atoms. The minimum atomic E-state index is 0.349. The summed E-state index contributed by atoms with van der Waals surface area (Å²) in [5.74, 6) is 1.26.